The number of hydrogen-bond donors (Lipinski definition) is 2. The van der Waals surface area contributed by atoms with E-state index < -0.39 is 20.3 Å². The van der Waals surface area contributed by atoms with Gasteiger partial charge in [-0.1, -0.05) is 0 Å². The maximum Gasteiger partial charge on any atom is 2.00 e. The van der Waals surface area contributed by atoms with E-state index in [2.05, 4.69) is 0 Å². The van der Waals surface area contributed by atoms with Crippen LogP contribution in [0, 0.1) is 61.3 Å². The fourth-order valence-electron chi connectivity index (χ4n) is 2.20. The van der Waals surface area contributed by atoms with Gasteiger partial charge in [-0.25, -0.2) is 0 Å². The smallest absolute Gasteiger partial charge is 0.412 e. The Morgan fingerprint density at radius 1 is 0.242 bits per heavy atom. The molecule has 2 heterocycles. The van der Waals surface area contributed by atoms with Crippen LogP contribution in [-0.4, -0.2) is 232 Å². The Morgan fingerprint density at radius 3 is 0.306 bits per heavy atom. The molecule has 0 spiro atoms. The van der Waals surface area contributed by atoms with E-state index in [1.165, 1.54) is 0 Å². The second kappa shape index (κ2) is 124. The summed E-state index contributed by atoms with van der Waals surface area (Å²) in [5, 5.41) is 73.0. The van der Waals surface area contributed by atoms with Crippen LogP contribution < -0.4 is 0 Å². The Kier molecular flexibility index (Phi) is 236. The molecule has 62 heavy (non-hydrogen) atoms. The summed E-state index contributed by atoms with van der Waals surface area (Å²) in [6.07, 6.45) is 0. The van der Waals surface area contributed by atoms with Crippen molar-refractivity contribution >= 4 is 0 Å². The third kappa shape index (κ3) is 246. The molecule has 0 atom stereocenters. The van der Waals surface area contributed by atoms with Crippen LogP contribution in [0.3, 0.4) is 0 Å². The number of aliphatic hydroxyl groups excluding tert-OH is 2. The zero-order valence-electron chi connectivity index (χ0n) is 33.4. The van der Waals surface area contributed by atoms with Crippen molar-refractivity contribution in [2.24, 2.45) is 0 Å². The van der Waals surface area contributed by atoms with Crippen molar-refractivity contribution in [1.82, 2.24) is 0 Å². The Labute approximate surface area is 373 Å². The first kappa shape index (κ1) is 118. The SMILES string of the molecule is C1COCCOCCOCCOCCO1.C1COCCOCCOCCOCCO1.CO.CO.O.O.O.O.O.O.O.O.O.O.O=[N+]([O-])[O-].O=[N+]([O-])[O-].O=[N+]([O-])[O-].O=[N+]([O-])[O-].[Ni+2].[Ni+2]. The first-order chi connectivity index (χ1) is 23.9. The molecule has 0 aliphatic carbocycles. The Morgan fingerprint density at radius 2 is 0.274 bits per heavy atom. The van der Waals surface area contributed by atoms with Crippen molar-refractivity contribution in [3.8, 4) is 0 Å². The molecule has 2 aliphatic heterocycles. The summed E-state index contributed by atoms with van der Waals surface area (Å²) in [5.41, 5.74) is 0. The first-order valence-electron chi connectivity index (χ1n) is 13.9. The molecule has 0 bridgehead atoms. The molecular formula is C22H68N4Ni2O34. The predicted molar refractivity (Wildman–Crippen MR) is 202 cm³/mol. The third-order valence-electron chi connectivity index (χ3n) is 3.72. The molecule has 38 nitrogen and oxygen atoms in total. The maximum absolute atomic E-state index is 8.25. The summed E-state index contributed by atoms with van der Waals surface area (Å²) < 4.78 is 52.8. The average Bonchev–Trinajstić information content (AvgIpc) is 3.06. The van der Waals surface area contributed by atoms with Crippen molar-refractivity contribution in [3.05, 3.63) is 61.3 Å². The van der Waals surface area contributed by atoms with Crippen LogP contribution in [0.25, 0.3) is 0 Å². The van der Waals surface area contributed by atoms with Crippen LogP contribution in [-0.2, 0) is 80.4 Å². The predicted octanol–water partition coefficient (Wildman–Crippen LogP) is -9.83. The molecule has 0 radical (unpaired) electrons. The number of ether oxygens (including phenoxy) is 10. The topological polar surface area (TPSA) is 713 Å². The van der Waals surface area contributed by atoms with Crippen molar-refractivity contribution in [1.29, 1.82) is 0 Å². The van der Waals surface area contributed by atoms with E-state index in [9.17, 15) is 0 Å². The standard InChI is InChI=1S/2C10H20O5.2CH4O.4NO3.2Ni.10H2O/c2*1-2-12-5-6-14-9-10-15-8-7-13-4-3-11-1;2*1-2;4*2-1(3)4;;;;;;;;;;;;/h2*1-10H2;2*2H,1H3;;;;;;;10*1H2/q;;;;4*-1;2*+2;;;;;;;;;;. The van der Waals surface area contributed by atoms with Gasteiger partial charge in [0.2, 0.25) is 0 Å². The number of hydrogen-bond acceptors (Lipinski definition) is 24. The Balaban J connectivity index is -0.0000000242. The molecule has 0 aromatic heterocycles. The zero-order valence-corrected chi connectivity index (χ0v) is 35.4. The molecule has 2 fully saturated rings. The molecule has 400 valence electrons. The molecule has 2 rings (SSSR count). The monoisotopic (exact) mass is 1050 g/mol. The normalized spacial score (nSPS) is 13.4. The molecular weight excluding hydrogens is 982 g/mol. The Hall–Kier alpha value is -3.09. The molecule has 40 heteroatoms. The molecule has 0 saturated carbocycles. The molecule has 0 amide bonds. The van der Waals surface area contributed by atoms with Gasteiger partial charge in [0.1, 0.15) is 0 Å². The van der Waals surface area contributed by atoms with E-state index in [4.69, 9.17) is 119 Å². The largest absolute Gasteiger partial charge is 2.00 e. The average molecular weight is 1050 g/mol. The number of rotatable bonds is 0. The van der Waals surface area contributed by atoms with Gasteiger partial charge in [0, 0.05) is 14.2 Å². The van der Waals surface area contributed by atoms with Crippen LogP contribution in [0.4, 0.5) is 0 Å². The van der Waals surface area contributed by atoms with Gasteiger partial charge in [-0.2, -0.15) is 0 Å². The van der Waals surface area contributed by atoms with E-state index in [1.54, 1.807) is 0 Å². The maximum atomic E-state index is 8.25. The van der Waals surface area contributed by atoms with E-state index in [0.29, 0.717) is 132 Å². The van der Waals surface area contributed by atoms with Crippen LogP contribution in [0.1, 0.15) is 0 Å². The summed E-state index contributed by atoms with van der Waals surface area (Å²) in [5.74, 6) is 0. The van der Waals surface area contributed by atoms with Gasteiger partial charge < -0.3 is 174 Å². The summed E-state index contributed by atoms with van der Waals surface area (Å²) in [6, 6.07) is 0. The fraction of sp³-hybridized carbons (Fsp3) is 1.00. The zero-order chi connectivity index (χ0) is 39.5. The Bertz CT molecular complexity index is 482. The quantitative estimate of drug-likeness (QED) is 0.129. The molecule has 2 saturated heterocycles. The van der Waals surface area contributed by atoms with Crippen molar-refractivity contribution in [3.63, 3.8) is 0 Å². The fourth-order valence-corrected chi connectivity index (χ4v) is 2.20. The van der Waals surface area contributed by atoms with Crippen molar-refractivity contribution in [2.45, 2.75) is 0 Å². The van der Waals surface area contributed by atoms with Crippen molar-refractivity contribution in [2.75, 3.05) is 146 Å². The molecule has 22 N–H and O–H groups in total. The van der Waals surface area contributed by atoms with Crippen molar-refractivity contribution < 1.29 is 166 Å². The van der Waals surface area contributed by atoms with Crippen LogP contribution in [0.2, 0.25) is 0 Å². The van der Waals surface area contributed by atoms with Crippen LogP contribution in [0.5, 0.6) is 0 Å². The van der Waals surface area contributed by atoms with Gasteiger partial charge in [0.25, 0.3) is 0 Å². The van der Waals surface area contributed by atoms with E-state index in [-0.39, 0.29) is 87.7 Å². The minimum atomic E-state index is -1.75. The number of nitrogens with zero attached hydrogens (tertiary/aromatic N) is 4. The minimum Gasteiger partial charge on any atom is -0.412 e. The van der Waals surface area contributed by atoms with E-state index >= 15 is 0 Å². The number of aliphatic hydroxyl groups is 2. The van der Waals surface area contributed by atoms with Gasteiger partial charge in [-0.05, 0) is 0 Å². The van der Waals surface area contributed by atoms with Crippen LogP contribution in [0.15, 0.2) is 0 Å². The summed E-state index contributed by atoms with van der Waals surface area (Å²) in [7, 11) is 2.00. The van der Waals surface area contributed by atoms with Gasteiger partial charge in [-0.15, -0.1) is 0 Å². The van der Waals surface area contributed by atoms with Crippen LogP contribution >= 0.6 is 0 Å². The third-order valence-corrected chi connectivity index (χ3v) is 3.72. The summed E-state index contributed by atoms with van der Waals surface area (Å²) >= 11 is 0. The summed E-state index contributed by atoms with van der Waals surface area (Å²) in [6.45, 7) is 12.2. The minimum absolute atomic E-state index is 0. The van der Waals surface area contributed by atoms with Gasteiger partial charge >= 0.3 is 33.0 Å². The van der Waals surface area contributed by atoms with E-state index in [0.717, 1.165) is 14.2 Å². The molecule has 0 unspecified atom stereocenters. The molecule has 2 aliphatic rings. The van der Waals surface area contributed by atoms with Gasteiger partial charge in [0.05, 0.1) is 152 Å². The molecule has 0 aromatic carbocycles. The van der Waals surface area contributed by atoms with E-state index in [1.807, 2.05) is 0 Å². The van der Waals surface area contributed by atoms with Gasteiger partial charge in [0.15, 0.2) is 0 Å². The second-order valence-electron chi connectivity index (χ2n) is 7.02. The molecule has 0 aromatic rings. The second-order valence-corrected chi connectivity index (χ2v) is 7.02. The van der Waals surface area contributed by atoms with Gasteiger partial charge in [-0.3, -0.25) is 0 Å². The first-order valence-corrected chi connectivity index (χ1v) is 13.9. The summed E-state index contributed by atoms with van der Waals surface area (Å²) in [4.78, 5) is 33.0.